The third-order valence-corrected chi connectivity index (χ3v) is 2.71. The number of likely N-dealkylation sites (tertiary alicyclic amines) is 1. The molecule has 0 aliphatic carbocycles. The summed E-state index contributed by atoms with van der Waals surface area (Å²) in [6.45, 7) is 3.10. The van der Waals surface area contributed by atoms with Crippen LogP contribution in [0.4, 0.5) is 0 Å². The molecule has 1 heterocycles. The summed E-state index contributed by atoms with van der Waals surface area (Å²) in [5.41, 5.74) is 0. The van der Waals surface area contributed by atoms with E-state index >= 15 is 0 Å². The van der Waals surface area contributed by atoms with Gasteiger partial charge in [-0.1, -0.05) is 15.9 Å². The number of rotatable bonds is 3. The van der Waals surface area contributed by atoms with Crippen molar-refractivity contribution in [2.75, 3.05) is 32.0 Å². The molecule has 1 amide bonds. The van der Waals surface area contributed by atoms with Crippen LogP contribution in [0.2, 0.25) is 0 Å². The summed E-state index contributed by atoms with van der Waals surface area (Å²) in [6, 6.07) is 0. The van der Waals surface area contributed by atoms with E-state index in [2.05, 4.69) is 33.2 Å². The van der Waals surface area contributed by atoms with Crippen molar-refractivity contribution < 1.29 is 4.79 Å². The van der Waals surface area contributed by atoms with Crippen LogP contribution in [0.15, 0.2) is 0 Å². The third-order valence-electron chi connectivity index (χ3n) is 2.20. The van der Waals surface area contributed by atoms with E-state index in [9.17, 15) is 4.79 Å². The minimum Gasteiger partial charge on any atom is -0.355 e. The molecule has 1 unspecified atom stereocenters. The zero-order chi connectivity index (χ0) is 8.97. The molecule has 0 saturated carbocycles. The lowest BCUT2D eigenvalue weighted by Gasteiger charge is -2.10. The highest BCUT2D eigenvalue weighted by molar-refractivity contribution is 9.09. The largest absolute Gasteiger partial charge is 0.355 e. The lowest BCUT2D eigenvalue weighted by molar-refractivity contribution is -0.118. The Balaban J connectivity index is 2.11. The molecule has 1 N–H and O–H groups in total. The molecule has 0 spiro atoms. The SMILES string of the molecule is CN1CCC(CNC(=O)CBr)C1. The third kappa shape index (κ3) is 3.11. The number of carbonyl (C=O) groups is 1. The van der Waals surface area contributed by atoms with Gasteiger partial charge in [-0.3, -0.25) is 4.79 Å². The highest BCUT2D eigenvalue weighted by atomic mass is 79.9. The summed E-state index contributed by atoms with van der Waals surface area (Å²) >= 11 is 3.11. The van der Waals surface area contributed by atoms with Gasteiger partial charge in [-0.2, -0.15) is 0 Å². The number of hydrogen-bond acceptors (Lipinski definition) is 2. The van der Waals surface area contributed by atoms with Crippen LogP contribution in [-0.2, 0) is 4.79 Å². The maximum Gasteiger partial charge on any atom is 0.230 e. The molecule has 1 atom stereocenters. The molecular weight excluding hydrogens is 220 g/mol. The van der Waals surface area contributed by atoms with Crippen molar-refractivity contribution in [1.29, 1.82) is 0 Å². The topological polar surface area (TPSA) is 32.3 Å². The second-order valence-corrected chi connectivity index (χ2v) is 3.92. The quantitative estimate of drug-likeness (QED) is 0.720. The van der Waals surface area contributed by atoms with Crippen molar-refractivity contribution in [2.45, 2.75) is 6.42 Å². The molecule has 1 saturated heterocycles. The van der Waals surface area contributed by atoms with Gasteiger partial charge in [0.15, 0.2) is 0 Å². The van der Waals surface area contributed by atoms with Crippen LogP contribution in [0.3, 0.4) is 0 Å². The summed E-state index contributed by atoms with van der Waals surface area (Å²) < 4.78 is 0. The molecule has 1 aliphatic heterocycles. The number of nitrogens with zero attached hydrogens (tertiary/aromatic N) is 1. The molecule has 0 radical (unpaired) electrons. The zero-order valence-corrected chi connectivity index (χ0v) is 8.93. The van der Waals surface area contributed by atoms with E-state index in [1.54, 1.807) is 0 Å². The van der Waals surface area contributed by atoms with Crippen molar-refractivity contribution in [2.24, 2.45) is 5.92 Å². The van der Waals surface area contributed by atoms with Crippen LogP contribution in [0.25, 0.3) is 0 Å². The van der Waals surface area contributed by atoms with Crippen LogP contribution in [0.1, 0.15) is 6.42 Å². The van der Waals surface area contributed by atoms with Crippen LogP contribution < -0.4 is 5.32 Å². The number of nitrogens with one attached hydrogen (secondary N) is 1. The van der Waals surface area contributed by atoms with Gasteiger partial charge in [-0.25, -0.2) is 0 Å². The normalized spacial score (nSPS) is 24.3. The smallest absolute Gasteiger partial charge is 0.230 e. The highest BCUT2D eigenvalue weighted by Gasteiger charge is 2.19. The standard InChI is InChI=1S/C8H15BrN2O/c1-11-3-2-7(6-11)5-10-8(12)4-9/h7H,2-6H2,1H3,(H,10,12). The molecule has 0 aromatic heterocycles. The Hall–Kier alpha value is -0.0900. The predicted octanol–water partition coefficient (Wildman–Crippen LogP) is 0.449. The van der Waals surface area contributed by atoms with Crippen LogP contribution >= 0.6 is 15.9 Å². The molecule has 3 nitrogen and oxygen atoms in total. The maximum atomic E-state index is 10.9. The van der Waals surface area contributed by atoms with Gasteiger partial charge in [-0.15, -0.1) is 0 Å². The van der Waals surface area contributed by atoms with Gasteiger partial charge >= 0.3 is 0 Å². The summed E-state index contributed by atoms with van der Waals surface area (Å²) in [5.74, 6) is 0.738. The number of amides is 1. The van der Waals surface area contributed by atoms with Crippen LogP contribution in [0.5, 0.6) is 0 Å². The first kappa shape index (κ1) is 9.99. The molecule has 0 aromatic carbocycles. The lowest BCUT2D eigenvalue weighted by Crippen LogP contribution is -2.31. The fraction of sp³-hybridized carbons (Fsp3) is 0.875. The van der Waals surface area contributed by atoms with Crippen molar-refractivity contribution in [3.8, 4) is 0 Å². The van der Waals surface area contributed by atoms with E-state index in [1.165, 1.54) is 6.42 Å². The minimum atomic E-state index is 0.0875. The Kier molecular flexibility index (Phi) is 4.01. The predicted molar refractivity (Wildman–Crippen MR) is 52.4 cm³/mol. The van der Waals surface area contributed by atoms with Gasteiger partial charge in [0.2, 0.25) is 5.91 Å². The molecular formula is C8H15BrN2O. The van der Waals surface area contributed by atoms with E-state index in [4.69, 9.17) is 0 Å². The Labute approximate surface area is 81.6 Å². The second kappa shape index (κ2) is 4.82. The van der Waals surface area contributed by atoms with E-state index in [0.717, 1.165) is 19.6 Å². The average molecular weight is 235 g/mol. The Morgan fingerprint density at radius 2 is 2.50 bits per heavy atom. The average Bonchev–Trinajstić information content (AvgIpc) is 2.47. The molecule has 4 heteroatoms. The first-order valence-corrected chi connectivity index (χ1v) is 5.35. The fourth-order valence-corrected chi connectivity index (χ4v) is 1.70. The van der Waals surface area contributed by atoms with Gasteiger partial charge < -0.3 is 10.2 Å². The van der Waals surface area contributed by atoms with E-state index < -0.39 is 0 Å². The molecule has 1 fully saturated rings. The van der Waals surface area contributed by atoms with Gasteiger partial charge in [0.1, 0.15) is 0 Å². The maximum absolute atomic E-state index is 10.9. The highest BCUT2D eigenvalue weighted by Crippen LogP contribution is 2.12. The monoisotopic (exact) mass is 234 g/mol. The molecule has 12 heavy (non-hydrogen) atoms. The van der Waals surface area contributed by atoms with Crippen molar-refractivity contribution in [3.63, 3.8) is 0 Å². The van der Waals surface area contributed by atoms with Crippen LogP contribution in [0, 0.1) is 5.92 Å². The van der Waals surface area contributed by atoms with E-state index in [-0.39, 0.29) is 5.91 Å². The number of carbonyl (C=O) groups excluding carboxylic acids is 1. The molecule has 1 aliphatic rings. The zero-order valence-electron chi connectivity index (χ0n) is 7.35. The van der Waals surface area contributed by atoms with Crippen molar-refractivity contribution >= 4 is 21.8 Å². The van der Waals surface area contributed by atoms with Crippen LogP contribution in [-0.4, -0.2) is 42.8 Å². The van der Waals surface area contributed by atoms with E-state index in [1.807, 2.05) is 0 Å². The number of alkyl halides is 1. The minimum absolute atomic E-state index is 0.0875. The fourth-order valence-electron chi connectivity index (χ4n) is 1.50. The van der Waals surface area contributed by atoms with Crippen molar-refractivity contribution in [3.05, 3.63) is 0 Å². The van der Waals surface area contributed by atoms with Gasteiger partial charge in [0.25, 0.3) is 0 Å². The van der Waals surface area contributed by atoms with Gasteiger partial charge in [-0.05, 0) is 25.9 Å². The molecule has 0 aromatic rings. The molecule has 1 rings (SSSR count). The molecule has 70 valence electrons. The Bertz CT molecular complexity index is 163. The van der Waals surface area contributed by atoms with Crippen molar-refractivity contribution in [1.82, 2.24) is 10.2 Å². The first-order chi connectivity index (χ1) is 5.72. The van der Waals surface area contributed by atoms with Gasteiger partial charge in [0.05, 0.1) is 5.33 Å². The Morgan fingerprint density at radius 1 is 1.75 bits per heavy atom. The molecule has 0 bridgehead atoms. The number of halogens is 1. The summed E-state index contributed by atoms with van der Waals surface area (Å²) in [5, 5.41) is 3.29. The Morgan fingerprint density at radius 3 is 3.00 bits per heavy atom. The van der Waals surface area contributed by atoms with E-state index in [0.29, 0.717) is 11.2 Å². The lowest BCUT2D eigenvalue weighted by atomic mass is 10.1. The summed E-state index contributed by atoms with van der Waals surface area (Å²) in [4.78, 5) is 13.2. The first-order valence-electron chi connectivity index (χ1n) is 4.23. The summed E-state index contributed by atoms with van der Waals surface area (Å²) in [7, 11) is 2.12. The summed E-state index contributed by atoms with van der Waals surface area (Å²) in [6.07, 6.45) is 1.21. The van der Waals surface area contributed by atoms with Gasteiger partial charge in [0, 0.05) is 13.1 Å². The second-order valence-electron chi connectivity index (χ2n) is 3.35. The number of hydrogen-bond donors (Lipinski definition) is 1.